The van der Waals surface area contributed by atoms with Crippen molar-refractivity contribution >= 4 is 45.6 Å². The van der Waals surface area contributed by atoms with Crippen LogP contribution in [0, 0.1) is 17.2 Å². The van der Waals surface area contributed by atoms with E-state index in [-0.39, 0.29) is 81.6 Å². The molecule has 0 aromatic heterocycles. The molecule has 3 amide bonds. The monoisotopic (exact) mass is 855 g/mol. The first-order chi connectivity index (χ1) is 29.8. The van der Waals surface area contributed by atoms with Gasteiger partial charge in [0.05, 0.1) is 24.3 Å². The van der Waals surface area contributed by atoms with Gasteiger partial charge >= 0.3 is 0 Å². The zero-order valence-electron chi connectivity index (χ0n) is 34.1. The lowest BCUT2D eigenvalue weighted by molar-refractivity contribution is -0.130. The highest BCUT2D eigenvalue weighted by atomic mass is 32.2. The van der Waals surface area contributed by atoms with E-state index in [2.05, 4.69) is 16.0 Å². The van der Waals surface area contributed by atoms with E-state index in [1.807, 2.05) is 60.7 Å². The van der Waals surface area contributed by atoms with Crippen molar-refractivity contribution in [2.24, 2.45) is 17.6 Å². The number of sulfone groups is 1. The molecule has 62 heavy (non-hydrogen) atoms. The number of hydrogen-bond acceptors (Lipinski definition) is 9. The summed E-state index contributed by atoms with van der Waals surface area (Å²) in [6, 6.07) is 35.0. The van der Waals surface area contributed by atoms with Crippen LogP contribution in [0.4, 0.5) is 0 Å². The molecule has 0 radical (unpaired) electrons. The van der Waals surface area contributed by atoms with Gasteiger partial charge in [0.15, 0.2) is 9.84 Å². The lowest BCUT2D eigenvalue weighted by atomic mass is 9.87. The Labute approximate surface area is 360 Å². The summed E-state index contributed by atoms with van der Waals surface area (Å²) in [5.74, 6) is -3.88. The number of nitrogens with one attached hydrogen (secondary N) is 4. The van der Waals surface area contributed by atoms with Crippen LogP contribution < -0.4 is 26.4 Å². The van der Waals surface area contributed by atoms with E-state index in [1.165, 1.54) is 12.1 Å². The molecule has 3 heterocycles. The zero-order valence-corrected chi connectivity index (χ0v) is 34.9. The summed E-state index contributed by atoms with van der Waals surface area (Å²) < 4.78 is 32.6. The molecule has 320 valence electrons. The fraction of sp³-hybridized carbons (Fsp3) is 0.250. The lowest BCUT2D eigenvalue weighted by Gasteiger charge is -2.21. The van der Waals surface area contributed by atoms with Crippen molar-refractivity contribution in [3.05, 3.63) is 171 Å². The summed E-state index contributed by atoms with van der Waals surface area (Å²) >= 11 is 0. The Morgan fingerprint density at radius 3 is 1.85 bits per heavy atom. The van der Waals surface area contributed by atoms with Crippen LogP contribution in [0.5, 0.6) is 5.75 Å². The highest BCUT2D eigenvalue weighted by Crippen LogP contribution is 2.24. The molecule has 0 aliphatic carbocycles. The number of amidine groups is 1. The molecule has 2 atom stereocenters. The Morgan fingerprint density at radius 2 is 1.27 bits per heavy atom. The third-order valence-corrected chi connectivity index (χ3v) is 12.3. The minimum Gasteiger partial charge on any atom is -0.429 e. The zero-order chi connectivity index (χ0) is 44.1. The average Bonchev–Trinajstić information content (AvgIpc) is 3.24. The fourth-order valence-electron chi connectivity index (χ4n) is 7.35. The van der Waals surface area contributed by atoms with E-state index < -0.39 is 44.9 Å². The van der Waals surface area contributed by atoms with E-state index in [0.29, 0.717) is 16.7 Å². The van der Waals surface area contributed by atoms with Gasteiger partial charge in [-0.1, -0.05) is 109 Å². The van der Waals surface area contributed by atoms with Crippen molar-refractivity contribution in [1.82, 2.24) is 16.0 Å². The minimum atomic E-state index is -3.93. The number of nitrogen functional groups attached to an aromatic ring is 1. The van der Waals surface area contributed by atoms with Crippen LogP contribution in [-0.2, 0) is 84.9 Å². The van der Waals surface area contributed by atoms with Crippen molar-refractivity contribution in [3.63, 3.8) is 0 Å². The second-order valence-corrected chi connectivity index (χ2v) is 17.7. The lowest BCUT2D eigenvalue weighted by Crippen LogP contribution is -2.36. The predicted octanol–water partition coefficient (Wildman–Crippen LogP) is 4.45. The van der Waals surface area contributed by atoms with E-state index in [4.69, 9.17) is 15.9 Å². The van der Waals surface area contributed by atoms with Crippen molar-refractivity contribution < 1.29 is 37.1 Å². The second kappa shape index (κ2) is 21.0. The first kappa shape index (κ1) is 44.6. The Bertz CT molecular complexity index is 2520. The number of nitrogens with two attached hydrogens (primary N) is 1. The van der Waals surface area contributed by atoms with Gasteiger partial charge in [0.2, 0.25) is 17.7 Å². The summed E-state index contributed by atoms with van der Waals surface area (Å²) in [5.41, 5.74) is 11.9. The number of fused-ring (bicyclic) bond motifs is 2. The van der Waals surface area contributed by atoms with Gasteiger partial charge in [-0.15, -0.1) is 0 Å². The van der Waals surface area contributed by atoms with Crippen molar-refractivity contribution in [3.8, 4) is 5.75 Å². The molecule has 14 heteroatoms. The standard InChI is InChI=1S/C48H49N5O8S/c49-47(50)40-17-15-36(16-18-40)28-53-48(58)41-20-32-7-11-34(12-8-32)26-51-45(56)23-37-3-1-4-38(19-37)24-46(57)52-27-35-13-9-33(10-14-35)21-42(44(55)25-41)30-62(59,60)29-39-5-2-6-43(22-39)61-31-54/h1-19,22,31,41-42H,20-21,23-30H2,(H3,49,50)(H,51,56)(H,52,57)(H,53,58)/t41-,42+/m1/s1. The molecule has 0 saturated carbocycles. The summed E-state index contributed by atoms with van der Waals surface area (Å²) in [4.78, 5) is 65.3. The molecule has 6 bridgehead atoms. The second-order valence-electron chi connectivity index (χ2n) is 15.6. The summed E-state index contributed by atoms with van der Waals surface area (Å²) in [6.07, 6.45) is 0.262. The van der Waals surface area contributed by atoms with Crippen LogP contribution in [0.3, 0.4) is 0 Å². The van der Waals surface area contributed by atoms with Crippen LogP contribution in [0.15, 0.2) is 121 Å². The summed E-state index contributed by atoms with van der Waals surface area (Å²) in [7, 11) is -3.93. The number of rotatable bonds is 10. The van der Waals surface area contributed by atoms with Crippen LogP contribution in [0.1, 0.15) is 56.5 Å². The van der Waals surface area contributed by atoms with Crippen molar-refractivity contribution in [2.45, 2.75) is 57.5 Å². The molecule has 6 N–H and O–H groups in total. The highest BCUT2D eigenvalue weighted by Gasteiger charge is 2.31. The van der Waals surface area contributed by atoms with E-state index in [1.54, 1.807) is 48.5 Å². The molecule has 5 aromatic rings. The van der Waals surface area contributed by atoms with Gasteiger partial charge in [-0.3, -0.25) is 29.4 Å². The average molecular weight is 856 g/mol. The van der Waals surface area contributed by atoms with Crippen LogP contribution in [0.2, 0.25) is 0 Å². The van der Waals surface area contributed by atoms with Gasteiger partial charge in [-0.05, 0) is 69.5 Å². The van der Waals surface area contributed by atoms with Crippen molar-refractivity contribution in [1.29, 1.82) is 5.41 Å². The molecule has 0 saturated heterocycles. The predicted molar refractivity (Wildman–Crippen MR) is 234 cm³/mol. The number of carbonyl (C=O) groups excluding carboxylic acids is 5. The van der Waals surface area contributed by atoms with Gasteiger partial charge in [-0.2, -0.15) is 0 Å². The van der Waals surface area contributed by atoms with Crippen LogP contribution >= 0.6 is 0 Å². The Balaban J connectivity index is 1.29. The number of ketones is 1. The van der Waals surface area contributed by atoms with Gasteiger partial charge in [-0.25, -0.2) is 8.42 Å². The largest absolute Gasteiger partial charge is 0.429 e. The van der Waals surface area contributed by atoms with E-state index in [9.17, 15) is 32.4 Å². The number of amides is 3. The number of benzene rings is 5. The van der Waals surface area contributed by atoms with E-state index in [0.717, 1.165) is 33.4 Å². The quantitative estimate of drug-likeness (QED) is 0.0762. The number of Topliss-reactive ketones (excluding diaryl/α,β-unsaturated/α-hetero) is 1. The number of ether oxygens (including phenoxy) is 1. The van der Waals surface area contributed by atoms with Crippen molar-refractivity contribution in [2.75, 3.05) is 5.75 Å². The molecule has 5 aromatic carbocycles. The first-order valence-corrected chi connectivity index (χ1v) is 22.0. The van der Waals surface area contributed by atoms with Gasteiger partial charge < -0.3 is 26.4 Å². The maximum absolute atomic E-state index is 14.5. The molecule has 0 fully saturated rings. The Morgan fingerprint density at radius 1 is 0.710 bits per heavy atom. The highest BCUT2D eigenvalue weighted by molar-refractivity contribution is 7.90. The molecule has 0 unspecified atom stereocenters. The molecule has 3 aliphatic heterocycles. The van der Waals surface area contributed by atoms with Gasteiger partial charge in [0.25, 0.3) is 6.47 Å². The van der Waals surface area contributed by atoms with Gasteiger partial charge in [0, 0.05) is 43.5 Å². The topological polar surface area (TPSA) is 215 Å². The van der Waals surface area contributed by atoms with Crippen LogP contribution in [-0.4, -0.2) is 50.0 Å². The first-order valence-electron chi connectivity index (χ1n) is 20.2. The fourth-order valence-corrected chi connectivity index (χ4v) is 9.08. The normalized spacial score (nSPS) is 16.5. The van der Waals surface area contributed by atoms with Crippen LogP contribution in [0.25, 0.3) is 0 Å². The molecular formula is C48H49N5O8S. The number of carbonyl (C=O) groups is 5. The Hall–Kier alpha value is -6.93. The van der Waals surface area contributed by atoms with Gasteiger partial charge in [0.1, 0.15) is 17.4 Å². The maximum Gasteiger partial charge on any atom is 0.298 e. The third-order valence-electron chi connectivity index (χ3n) is 10.6. The molecule has 0 spiro atoms. The molecule has 8 rings (SSSR count). The Kier molecular flexibility index (Phi) is 15.1. The summed E-state index contributed by atoms with van der Waals surface area (Å²) in [5, 5.41) is 16.5. The maximum atomic E-state index is 14.5. The molecule has 13 nitrogen and oxygen atoms in total. The minimum absolute atomic E-state index is 0.0760. The SMILES string of the molecule is N=C(N)c1ccc(CNC(=O)[C@H]2CC(=O)[C@H](CS(=O)(=O)Cc3cccc(OC=O)c3)Cc3ccc(cc3)CNC(=O)Cc3cccc(c3)CC(=O)NCc3ccc(cc3)C2)cc1. The third kappa shape index (κ3) is 13.5. The van der Waals surface area contributed by atoms with E-state index >= 15 is 0 Å². The smallest absolute Gasteiger partial charge is 0.298 e. The summed E-state index contributed by atoms with van der Waals surface area (Å²) in [6.45, 7) is 0.895. The number of hydrogen-bond donors (Lipinski definition) is 5. The molecular weight excluding hydrogens is 807 g/mol. The molecule has 3 aliphatic rings.